The molecule has 0 unspecified atom stereocenters. The molecule has 3 aromatic carbocycles. The van der Waals surface area contributed by atoms with E-state index in [4.69, 9.17) is 4.74 Å². The van der Waals surface area contributed by atoms with E-state index in [2.05, 4.69) is 0 Å². The number of benzene rings is 3. The lowest BCUT2D eigenvalue weighted by Crippen LogP contribution is -2.04. The Morgan fingerprint density at radius 3 is 2.07 bits per heavy atom. The zero-order chi connectivity index (χ0) is 20.3. The molecule has 0 aliphatic rings. The van der Waals surface area contributed by atoms with Gasteiger partial charge < -0.3 is 4.74 Å². The molecule has 0 radical (unpaired) electrons. The first-order valence-corrected chi connectivity index (χ1v) is 10.1. The maximum absolute atomic E-state index is 13.3. The van der Waals surface area contributed by atoms with E-state index in [1.165, 1.54) is 31.2 Å². The van der Waals surface area contributed by atoms with Gasteiger partial charge in [-0.15, -0.1) is 0 Å². The van der Waals surface area contributed by atoms with Gasteiger partial charge >= 0.3 is 0 Å². The van der Waals surface area contributed by atoms with E-state index in [0.29, 0.717) is 0 Å². The average Bonchev–Trinajstić information content (AvgIpc) is 2.67. The minimum absolute atomic E-state index is 0.122. The van der Waals surface area contributed by atoms with E-state index in [1.54, 1.807) is 36.4 Å². The minimum atomic E-state index is -3.59. The first-order chi connectivity index (χ1) is 13.3. The standard InChI is InChI=1S/C22H19FO4S/c1-15-3-8-19(9-4-15)28(25,26)20-10-5-17(6-11-20)14-27-22-12-7-18(23)13-21(22)16(2)24/h3-13H,14H2,1-2H3. The highest BCUT2D eigenvalue weighted by atomic mass is 32.2. The van der Waals surface area contributed by atoms with Crippen molar-refractivity contribution < 1.29 is 22.3 Å². The summed E-state index contributed by atoms with van der Waals surface area (Å²) in [4.78, 5) is 12.0. The fourth-order valence-electron chi connectivity index (χ4n) is 2.68. The van der Waals surface area contributed by atoms with Crippen molar-refractivity contribution in [1.82, 2.24) is 0 Å². The quantitative estimate of drug-likeness (QED) is 0.562. The van der Waals surface area contributed by atoms with Crippen LogP contribution in [0.15, 0.2) is 76.5 Å². The number of sulfone groups is 1. The number of aryl methyl sites for hydroxylation is 1. The van der Waals surface area contributed by atoms with Crippen LogP contribution in [0.1, 0.15) is 28.4 Å². The van der Waals surface area contributed by atoms with E-state index >= 15 is 0 Å². The van der Waals surface area contributed by atoms with Gasteiger partial charge in [-0.1, -0.05) is 29.8 Å². The van der Waals surface area contributed by atoms with Crippen molar-refractivity contribution in [1.29, 1.82) is 0 Å². The lowest BCUT2D eigenvalue weighted by atomic mass is 10.1. The van der Waals surface area contributed by atoms with Gasteiger partial charge in [0.1, 0.15) is 18.2 Å². The lowest BCUT2D eigenvalue weighted by Gasteiger charge is -2.11. The van der Waals surface area contributed by atoms with Crippen LogP contribution in [0.25, 0.3) is 0 Å². The Morgan fingerprint density at radius 2 is 1.50 bits per heavy atom. The van der Waals surface area contributed by atoms with Crippen LogP contribution in [0.2, 0.25) is 0 Å². The van der Waals surface area contributed by atoms with Crippen molar-refractivity contribution in [2.24, 2.45) is 0 Å². The smallest absolute Gasteiger partial charge is 0.206 e. The molecule has 6 heteroatoms. The molecule has 28 heavy (non-hydrogen) atoms. The number of hydrogen-bond acceptors (Lipinski definition) is 4. The number of rotatable bonds is 6. The van der Waals surface area contributed by atoms with Gasteiger partial charge in [0.25, 0.3) is 0 Å². The number of carbonyl (C=O) groups is 1. The highest BCUT2D eigenvalue weighted by Crippen LogP contribution is 2.24. The van der Waals surface area contributed by atoms with Crippen LogP contribution in [-0.4, -0.2) is 14.2 Å². The van der Waals surface area contributed by atoms with Gasteiger partial charge in [0.05, 0.1) is 15.4 Å². The normalized spacial score (nSPS) is 11.2. The number of Topliss-reactive ketones (excluding diaryl/α,β-unsaturated/α-hetero) is 1. The number of hydrogen-bond donors (Lipinski definition) is 0. The second kappa shape index (κ2) is 7.94. The van der Waals surface area contributed by atoms with Crippen molar-refractivity contribution >= 4 is 15.6 Å². The van der Waals surface area contributed by atoms with E-state index in [1.807, 2.05) is 6.92 Å². The van der Waals surface area contributed by atoms with Gasteiger partial charge in [-0.2, -0.15) is 0 Å². The van der Waals surface area contributed by atoms with Crippen LogP contribution >= 0.6 is 0 Å². The maximum atomic E-state index is 13.3. The number of halogens is 1. The van der Waals surface area contributed by atoms with Crippen molar-refractivity contribution in [2.45, 2.75) is 30.2 Å². The third-order valence-corrected chi connectivity index (χ3v) is 6.07. The van der Waals surface area contributed by atoms with Crippen molar-refractivity contribution in [3.63, 3.8) is 0 Å². The van der Waals surface area contributed by atoms with Crippen molar-refractivity contribution in [3.05, 3.63) is 89.2 Å². The Morgan fingerprint density at radius 1 is 0.929 bits per heavy atom. The molecule has 3 rings (SSSR count). The Labute approximate surface area is 163 Å². The zero-order valence-corrected chi connectivity index (χ0v) is 16.3. The fourth-order valence-corrected chi connectivity index (χ4v) is 3.94. The predicted octanol–water partition coefficient (Wildman–Crippen LogP) is 4.75. The monoisotopic (exact) mass is 398 g/mol. The van der Waals surface area contributed by atoms with Crippen LogP contribution < -0.4 is 4.74 Å². The highest BCUT2D eigenvalue weighted by molar-refractivity contribution is 7.91. The van der Waals surface area contributed by atoms with Gasteiger partial charge in [0.2, 0.25) is 9.84 Å². The molecule has 0 spiro atoms. The molecule has 0 aliphatic heterocycles. The molecule has 3 aromatic rings. The number of carbonyl (C=O) groups excluding carboxylic acids is 1. The SMILES string of the molecule is CC(=O)c1cc(F)ccc1OCc1ccc(S(=O)(=O)c2ccc(C)cc2)cc1. The summed E-state index contributed by atoms with van der Waals surface area (Å²) < 4.78 is 44.3. The molecule has 0 fully saturated rings. The van der Waals surface area contributed by atoms with E-state index < -0.39 is 15.7 Å². The molecule has 0 bridgehead atoms. The third kappa shape index (κ3) is 4.28. The van der Waals surface area contributed by atoms with Gasteiger partial charge in [-0.25, -0.2) is 12.8 Å². The lowest BCUT2D eigenvalue weighted by molar-refractivity contribution is 0.101. The summed E-state index contributed by atoms with van der Waals surface area (Å²) in [6, 6.07) is 16.8. The van der Waals surface area contributed by atoms with E-state index in [0.717, 1.165) is 17.2 Å². The molecule has 0 N–H and O–H groups in total. The Bertz CT molecular complexity index is 1100. The average molecular weight is 398 g/mol. The number of ketones is 1. The van der Waals surface area contributed by atoms with E-state index in [-0.39, 0.29) is 33.5 Å². The Hall–Kier alpha value is -2.99. The first kappa shape index (κ1) is 19.8. The second-order valence-electron chi connectivity index (χ2n) is 6.45. The topological polar surface area (TPSA) is 60.4 Å². The van der Waals surface area contributed by atoms with Crippen LogP contribution in [0.5, 0.6) is 5.75 Å². The molecule has 144 valence electrons. The van der Waals surface area contributed by atoms with Gasteiger partial charge in [-0.05, 0) is 61.9 Å². The number of ether oxygens (including phenoxy) is 1. The largest absolute Gasteiger partial charge is 0.488 e. The molecule has 0 aromatic heterocycles. The molecule has 0 aliphatic carbocycles. The summed E-state index contributed by atoms with van der Waals surface area (Å²) in [7, 11) is -3.59. The second-order valence-corrected chi connectivity index (χ2v) is 8.40. The van der Waals surface area contributed by atoms with Crippen LogP contribution in [0.3, 0.4) is 0 Å². The van der Waals surface area contributed by atoms with E-state index in [9.17, 15) is 17.6 Å². The van der Waals surface area contributed by atoms with Crippen molar-refractivity contribution in [2.75, 3.05) is 0 Å². The molecule has 4 nitrogen and oxygen atoms in total. The summed E-state index contributed by atoms with van der Waals surface area (Å²) in [6.45, 7) is 3.35. The summed E-state index contributed by atoms with van der Waals surface area (Å²) in [5.74, 6) is -0.525. The third-order valence-electron chi connectivity index (χ3n) is 4.28. The van der Waals surface area contributed by atoms with Crippen LogP contribution in [0, 0.1) is 12.7 Å². The van der Waals surface area contributed by atoms with Crippen LogP contribution in [-0.2, 0) is 16.4 Å². The first-order valence-electron chi connectivity index (χ1n) is 8.61. The fraction of sp³-hybridized carbons (Fsp3) is 0.136. The van der Waals surface area contributed by atoms with Crippen LogP contribution in [0.4, 0.5) is 4.39 Å². The molecule has 0 saturated carbocycles. The highest BCUT2D eigenvalue weighted by Gasteiger charge is 2.17. The summed E-state index contributed by atoms with van der Waals surface area (Å²) in [5.41, 5.74) is 1.87. The molecular formula is C22H19FO4S. The van der Waals surface area contributed by atoms with Gasteiger partial charge in [0, 0.05) is 0 Å². The van der Waals surface area contributed by atoms with Crippen molar-refractivity contribution in [3.8, 4) is 5.75 Å². The zero-order valence-electron chi connectivity index (χ0n) is 15.5. The predicted molar refractivity (Wildman–Crippen MR) is 104 cm³/mol. The Balaban J connectivity index is 1.77. The Kier molecular flexibility index (Phi) is 5.61. The minimum Gasteiger partial charge on any atom is -0.488 e. The molecule has 0 heterocycles. The summed E-state index contributed by atoms with van der Waals surface area (Å²) in [6.07, 6.45) is 0. The molecule has 0 atom stereocenters. The molecule has 0 saturated heterocycles. The maximum Gasteiger partial charge on any atom is 0.206 e. The summed E-state index contributed by atoms with van der Waals surface area (Å²) >= 11 is 0. The molecular weight excluding hydrogens is 379 g/mol. The van der Waals surface area contributed by atoms with Gasteiger partial charge in [0.15, 0.2) is 5.78 Å². The summed E-state index contributed by atoms with van der Waals surface area (Å²) in [5, 5.41) is 0. The molecule has 0 amide bonds. The van der Waals surface area contributed by atoms with Gasteiger partial charge in [-0.3, -0.25) is 4.79 Å².